The Kier molecular flexibility index (Phi) is 8.26. The van der Waals surface area contributed by atoms with Crippen LogP contribution in [0.15, 0.2) is 84.9 Å². The highest BCUT2D eigenvalue weighted by atomic mass is 16.5. The molecular formula is C33H32N6O4. The molecule has 0 fully saturated rings. The molecule has 2 aromatic heterocycles. The molecule has 2 heterocycles. The predicted molar refractivity (Wildman–Crippen MR) is 163 cm³/mol. The van der Waals surface area contributed by atoms with Crippen molar-refractivity contribution in [1.82, 2.24) is 30.0 Å². The second kappa shape index (κ2) is 12.7. The van der Waals surface area contributed by atoms with Gasteiger partial charge in [0.25, 0.3) is 0 Å². The number of rotatable bonds is 12. The van der Waals surface area contributed by atoms with E-state index < -0.39 is 5.97 Å². The van der Waals surface area contributed by atoms with Gasteiger partial charge in [-0.1, -0.05) is 51.2 Å². The third kappa shape index (κ3) is 6.48. The Morgan fingerprint density at radius 2 is 1.35 bits per heavy atom. The van der Waals surface area contributed by atoms with Crippen LogP contribution < -0.4 is 9.47 Å². The molecule has 10 nitrogen and oxygen atoms in total. The van der Waals surface area contributed by atoms with Crippen LogP contribution >= 0.6 is 0 Å². The maximum atomic E-state index is 13.0. The van der Waals surface area contributed by atoms with Crippen LogP contribution in [0.2, 0.25) is 0 Å². The fourth-order valence-electron chi connectivity index (χ4n) is 4.77. The normalized spacial score (nSPS) is 11.3. The average molecular weight is 577 g/mol. The second-order valence-electron chi connectivity index (χ2n) is 10.3. The van der Waals surface area contributed by atoms with Crippen LogP contribution in [0.1, 0.15) is 55.8 Å². The summed E-state index contributed by atoms with van der Waals surface area (Å²) in [5.41, 5.74) is 3.92. The summed E-state index contributed by atoms with van der Waals surface area (Å²) in [6, 6.07) is 24.5. The zero-order valence-corrected chi connectivity index (χ0v) is 23.9. The number of carbonyl (C=O) groups excluding carboxylic acids is 1. The van der Waals surface area contributed by atoms with Crippen LogP contribution in [0.4, 0.5) is 0 Å². The largest absolute Gasteiger partial charge is 0.506 e. The molecular weight excluding hydrogens is 544 g/mol. The number of carbonyl (C=O) groups is 1. The number of fused-ring (bicyclic) bond motifs is 2. The minimum Gasteiger partial charge on any atom is -0.506 e. The second-order valence-corrected chi connectivity index (χ2v) is 10.3. The van der Waals surface area contributed by atoms with Crippen molar-refractivity contribution in [1.29, 1.82) is 0 Å². The van der Waals surface area contributed by atoms with Crippen LogP contribution in [-0.4, -0.2) is 47.7 Å². The van der Waals surface area contributed by atoms with Crippen LogP contribution in [0.25, 0.3) is 33.4 Å². The number of phenols is 1. The van der Waals surface area contributed by atoms with E-state index in [0.717, 1.165) is 17.9 Å². The monoisotopic (exact) mass is 576 g/mol. The summed E-state index contributed by atoms with van der Waals surface area (Å²) in [6.45, 7) is 2.93. The summed E-state index contributed by atoms with van der Waals surface area (Å²) >= 11 is 0. The topological polar surface area (TPSA) is 117 Å². The van der Waals surface area contributed by atoms with Gasteiger partial charge in [0, 0.05) is 6.07 Å². The lowest BCUT2D eigenvalue weighted by Gasteiger charge is -2.07. The van der Waals surface area contributed by atoms with Gasteiger partial charge in [0.15, 0.2) is 0 Å². The molecule has 4 aromatic carbocycles. The first kappa shape index (κ1) is 27.9. The van der Waals surface area contributed by atoms with Gasteiger partial charge in [-0.25, -0.2) is 4.79 Å². The molecule has 0 atom stereocenters. The Labute approximate surface area is 248 Å². The van der Waals surface area contributed by atoms with E-state index in [1.807, 2.05) is 24.3 Å². The molecule has 0 saturated heterocycles. The number of hydrogen-bond acceptors (Lipinski definition) is 8. The van der Waals surface area contributed by atoms with E-state index in [9.17, 15) is 9.90 Å². The smallest absolute Gasteiger partial charge is 0.343 e. The van der Waals surface area contributed by atoms with Crippen molar-refractivity contribution < 1.29 is 19.4 Å². The first-order valence-electron chi connectivity index (χ1n) is 14.6. The van der Waals surface area contributed by atoms with E-state index in [2.05, 4.69) is 27.3 Å². The summed E-state index contributed by atoms with van der Waals surface area (Å²) < 4.78 is 11.5. The highest BCUT2D eigenvalue weighted by Gasteiger charge is 2.15. The van der Waals surface area contributed by atoms with Gasteiger partial charge in [-0.05, 0) is 73.2 Å². The molecule has 0 aliphatic carbocycles. The highest BCUT2D eigenvalue weighted by molar-refractivity contribution is 5.95. The zero-order valence-electron chi connectivity index (χ0n) is 23.9. The molecule has 218 valence electrons. The van der Waals surface area contributed by atoms with Crippen molar-refractivity contribution in [3.05, 3.63) is 90.5 Å². The maximum absolute atomic E-state index is 13.0. The number of hydrogen-bond donors (Lipinski definition) is 1. The van der Waals surface area contributed by atoms with E-state index in [-0.39, 0.29) is 5.75 Å². The number of aromatic hydroxyl groups is 1. The molecule has 0 radical (unpaired) electrons. The Morgan fingerprint density at radius 3 is 2.16 bits per heavy atom. The van der Waals surface area contributed by atoms with Crippen molar-refractivity contribution in [2.75, 3.05) is 6.61 Å². The first-order chi connectivity index (χ1) is 21.1. The van der Waals surface area contributed by atoms with Gasteiger partial charge >= 0.3 is 5.97 Å². The van der Waals surface area contributed by atoms with Gasteiger partial charge in [-0.15, -0.1) is 25.2 Å². The highest BCUT2D eigenvalue weighted by Crippen LogP contribution is 2.24. The van der Waals surface area contributed by atoms with Crippen LogP contribution in [0.3, 0.4) is 0 Å². The molecule has 0 unspecified atom stereocenters. The third-order valence-corrected chi connectivity index (χ3v) is 7.11. The zero-order chi connectivity index (χ0) is 29.6. The summed E-state index contributed by atoms with van der Waals surface area (Å²) in [5, 5.41) is 28.1. The molecule has 6 aromatic rings. The van der Waals surface area contributed by atoms with Crippen LogP contribution in [0.5, 0.6) is 17.2 Å². The molecule has 0 aliphatic heterocycles. The lowest BCUT2D eigenvalue weighted by atomic mass is 10.1. The number of nitrogens with zero attached hydrogens (tertiary/aromatic N) is 6. The van der Waals surface area contributed by atoms with Gasteiger partial charge < -0.3 is 14.6 Å². The summed E-state index contributed by atoms with van der Waals surface area (Å²) in [4.78, 5) is 15.9. The Morgan fingerprint density at radius 1 is 0.698 bits per heavy atom. The molecule has 0 spiro atoms. The SMILES string of the molecule is CCCCCCCCOc1ccc(-n2nc3ccc(C(=O)Oc4ccc5nn(-c6ccccc6O)nc5c4)cc3n2)cc1. The van der Waals surface area contributed by atoms with E-state index >= 15 is 0 Å². The summed E-state index contributed by atoms with van der Waals surface area (Å²) in [5.74, 6) is 0.671. The van der Waals surface area contributed by atoms with Crippen molar-refractivity contribution >= 4 is 28.0 Å². The molecule has 10 heteroatoms. The number of phenolic OH excluding ortho intramolecular Hbond substituents is 1. The van der Waals surface area contributed by atoms with Gasteiger partial charge in [-0.2, -0.15) is 4.80 Å². The van der Waals surface area contributed by atoms with Crippen LogP contribution in [0, 0.1) is 0 Å². The fourth-order valence-corrected chi connectivity index (χ4v) is 4.77. The summed E-state index contributed by atoms with van der Waals surface area (Å²) in [6.07, 6.45) is 7.36. The van der Waals surface area contributed by atoms with Gasteiger partial charge in [-0.3, -0.25) is 0 Å². The van der Waals surface area contributed by atoms with Crippen molar-refractivity contribution in [3.63, 3.8) is 0 Å². The molecule has 0 amide bonds. The lowest BCUT2D eigenvalue weighted by molar-refractivity contribution is 0.0735. The van der Waals surface area contributed by atoms with Crippen molar-refractivity contribution in [3.8, 4) is 28.6 Å². The van der Waals surface area contributed by atoms with Crippen LogP contribution in [-0.2, 0) is 0 Å². The Bertz CT molecular complexity index is 1860. The predicted octanol–water partition coefficient (Wildman–Crippen LogP) is 6.82. The minimum atomic E-state index is -0.532. The minimum absolute atomic E-state index is 0.0617. The van der Waals surface area contributed by atoms with Gasteiger partial charge in [0.05, 0.1) is 17.9 Å². The van der Waals surface area contributed by atoms with Crippen molar-refractivity contribution in [2.45, 2.75) is 45.4 Å². The molecule has 0 aliphatic rings. The number of esters is 1. The molecule has 0 bridgehead atoms. The average Bonchev–Trinajstić information content (AvgIpc) is 3.65. The number of para-hydroxylation sites is 2. The standard InChI is InChI=1S/C33H32N6O4/c1-2-3-4-5-6-9-20-42-25-15-13-24(14-16-25)38-34-27-18-12-23(21-29(27)36-38)33(41)43-26-17-19-28-30(22-26)37-39(35-28)31-10-7-8-11-32(31)40/h7-8,10-19,21-22,40H,2-6,9,20H2,1H3. The Balaban J connectivity index is 1.10. The van der Waals surface area contributed by atoms with E-state index in [1.165, 1.54) is 36.9 Å². The number of unbranched alkanes of at least 4 members (excludes halogenated alkanes) is 5. The third-order valence-electron chi connectivity index (χ3n) is 7.11. The van der Waals surface area contributed by atoms with Gasteiger partial charge in [0.2, 0.25) is 0 Å². The fraction of sp³-hybridized carbons (Fsp3) is 0.242. The van der Waals surface area contributed by atoms with E-state index in [1.54, 1.807) is 65.5 Å². The molecule has 0 saturated carbocycles. The number of aromatic nitrogens is 6. The van der Waals surface area contributed by atoms with E-state index in [4.69, 9.17) is 9.47 Å². The first-order valence-corrected chi connectivity index (χ1v) is 14.6. The number of ether oxygens (including phenoxy) is 2. The number of benzene rings is 4. The molecule has 6 rings (SSSR count). The molecule has 1 N–H and O–H groups in total. The maximum Gasteiger partial charge on any atom is 0.343 e. The lowest BCUT2D eigenvalue weighted by Crippen LogP contribution is -2.08. The van der Waals surface area contributed by atoms with Gasteiger partial charge in [0.1, 0.15) is 45.0 Å². The Hall–Kier alpha value is -5.25. The van der Waals surface area contributed by atoms with E-state index in [0.29, 0.717) is 45.7 Å². The summed E-state index contributed by atoms with van der Waals surface area (Å²) in [7, 11) is 0. The molecule has 43 heavy (non-hydrogen) atoms. The van der Waals surface area contributed by atoms with Crippen molar-refractivity contribution in [2.24, 2.45) is 0 Å². The quantitative estimate of drug-likeness (QED) is 0.0958.